The van der Waals surface area contributed by atoms with Crippen molar-refractivity contribution >= 4 is 17.5 Å². The second-order valence-corrected chi connectivity index (χ2v) is 9.52. The number of ether oxygens (including phenoxy) is 2. The zero-order chi connectivity index (χ0) is 24.2. The smallest absolute Gasteiger partial charge is 0.407 e. The van der Waals surface area contributed by atoms with Gasteiger partial charge in [0, 0.05) is 31.3 Å². The molecule has 1 N–H and O–H groups in total. The average molecular weight is 456 g/mol. The van der Waals surface area contributed by atoms with Crippen LogP contribution in [0.2, 0.25) is 0 Å². The van der Waals surface area contributed by atoms with Crippen LogP contribution in [0.15, 0.2) is 36.4 Å². The minimum absolute atomic E-state index is 0.0605. The van der Waals surface area contributed by atoms with Crippen molar-refractivity contribution in [2.45, 2.75) is 53.1 Å². The Morgan fingerprint density at radius 1 is 1.18 bits per heavy atom. The molecule has 8 nitrogen and oxygen atoms in total. The zero-order valence-corrected chi connectivity index (χ0v) is 20.0. The number of nitrogens with zero attached hydrogens (tertiary/aromatic N) is 2. The number of hydrogen-bond donors (Lipinski definition) is 1. The van der Waals surface area contributed by atoms with Crippen LogP contribution < -0.4 is 15.0 Å². The highest BCUT2D eigenvalue weighted by molar-refractivity contribution is 5.72. The van der Waals surface area contributed by atoms with Crippen molar-refractivity contribution in [2.75, 3.05) is 24.5 Å². The van der Waals surface area contributed by atoms with Gasteiger partial charge in [-0.3, -0.25) is 10.1 Å². The van der Waals surface area contributed by atoms with Gasteiger partial charge in [-0.25, -0.2) is 4.79 Å². The van der Waals surface area contributed by atoms with Gasteiger partial charge in [-0.15, -0.1) is 0 Å². The number of alkyl carbamates (subject to hydrolysis) is 1. The van der Waals surface area contributed by atoms with Crippen LogP contribution in [0, 0.1) is 29.9 Å². The van der Waals surface area contributed by atoms with Crippen LogP contribution in [-0.2, 0) is 4.74 Å². The lowest BCUT2D eigenvalue weighted by Crippen LogP contribution is -2.42. The number of carbonyl (C=O) groups is 1. The summed E-state index contributed by atoms with van der Waals surface area (Å²) in [7, 11) is 0. The lowest BCUT2D eigenvalue weighted by atomic mass is 9.96. The van der Waals surface area contributed by atoms with Gasteiger partial charge >= 0.3 is 6.09 Å². The first-order valence-electron chi connectivity index (χ1n) is 11.3. The SMILES string of the molecule is Cc1ccccc1Oc1ccc([N+](=O)[O-])c(N2CCC[C@@H](CNC(=O)OC(C)(C)C)C2)c1C. The van der Waals surface area contributed by atoms with Gasteiger partial charge in [-0.05, 0) is 71.1 Å². The predicted octanol–water partition coefficient (Wildman–Crippen LogP) is 5.75. The number of rotatable bonds is 6. The molecule has 33 heavy (non-hydrogen) atoms. The van der Waals surface area contributed by atoms with Crippen molar-refractivity contribution in [3.05, 3.63) is 57.6 Å². The van der Waals surface area contributed by atoms with E-state index in [2.05, 4.69) is 5.32 Å². The summed E-state index contributed by atoms with van der Waals surface area (Å²) in [6.45, 7) is 11.1. The molecule has 1 heterocycles. The maximum absolute atomic E-state index is 12.0. The number of nitrogens with one attached hydrogen (secondary N) is 1. The summed E-state index contributed by atoms with van der Waals surface area (Å²) in [5.41, 5.74) is 1.80. The largest absolute Gasteiger partial charge is 0.457 e. The highest BCUT2D eigenvalue weighted by Crippen LogP contribution is 2.41. The molecule has 0 radical (unpaired) electrons. The Bertz CT molecular complexity index is 1020. The van der Waals surface area contributed by atoms with E-state index in [1.165, 1.54) is 6.07 Å². The zero-order valence-electron chi connectivity index (χ0n) is 20.0. The van der Waals surface area contributed by atoms with Gasteiger partial charge in [0.15, 0.2) is 0 Å². The number of nitro benzene ring substituents is 1. The molecule has 178 valence electrons. The van der Waals surface area contributed by atoms with Crippen LogP contribution in [0.4, 0.5) is 16.2 Å². The molecule has 1 atom stereocenters. The lowest BCUT2D eigenvalue weighted by Gasteiger charge is -2.35. The number of hydrogen-bond acceptors (Lipinski definition) is 6. The van der Waals surface area contributed by atoms with E-state index in [1.807, 2.05) is 63.8 Å². The number of aryl methyl sites for hydroxylation is 1. The third-order valence-corrected chi connectivity index (χ3v) is 5.64. The van der Waals surface area contributed by atoms with Crippen LogP contribution in [0.5, 0.6) is 11.5 Å². The summed E-state index contributed by atoms with van der Waals surface area (Å²) in [5, 5.41) is 14.7. The van der Waals surface area contributed by atoms with Gasteiger partial charge in [0.25, 0.3) is 5.69 Å². The van der Waals surface area contributed by atoms with Gasteiger partial charge in [-0.1, -0.05) is 18.2 Å². The van der Waals surface area contributed by atoms with E-state index in [1.54, 1.807) is 6.07 Å². The Labute approximate surface area is 195 Å². The fraction of sp³-hybridized carbons (Fsp3) is 0.480. The van der Waals surface area contributed by atoms with Gasteiger partial charge in [0.2, 0.25) is 0 Å². The van der Waals surface area contributed by atoms with E-state index in [0.717, 1.165) is 29.7 Å². The first kappa shape index (κ1) is 24.4. The Hall–Kier alpha value is -3.29. The quantitative estimate of drug-likeness (QED) is 0.441. The molecule has 0 unspecified atom stereocenters. The number of para-hydroxylation sites is 1. The van der Waals surface area contributed by atoms with Crippen molar-refractivity contribution in [1.82, 2.24) is 5.32 Å². The number of nitro groups is 1. The molecule has 3 rings (SSSR count). The Morgan fingerprint density at radius 3 is 2.58 bits per heavy atom. The Kier molecular flexibility index (Phi) is 7.46. The highest BCUT2D eigenvalue weighted by Gasteiger charge is 2.29. The lowest BCUT2D eigenvalue weighted by molar-refractivity contribution is -0.384. The van der Waals surface area contributed by atoms with E-state index in [0.29, 0.717) is 31.1 Å². The van der Waals surface area contributed by atoms with Gasteiger partial charge in [0.1, 0.15) is 22.8 Å². The summed E-state index contributed by atoms with van der Waals surface area (Å²) < 4.78 is 11.5. The average Bonchev–Trinajstić information content (AvgIpc) is 2.74. The summed E-state index contributed by atoms with van der Waals surface area (Å²) in [6.07, 6.45) is 1.36. The third-order valence-electron chi connectivity index (χ3n) is 5.64. The van der Waals surface area contributed by atoms with Crippen LogP contribution >= 0.6 is 0 Å². The molecule has 0 spiro atoms. The molecule has 1 fully saturated rings. The maximum atomic E-state index is 12.0. The molecule has 2 aromatic rings. The summed E-state index contributed by atoms with van der Waals surface area (Å²) in [5.74, 6) is 1.48. The topological polar surface area (TPSA) is 93.9 Å². The molecule has 1 saturated heterocycles. The van der Waals surface area contributed by atoms with E-state index >= 15 is 0 Å². The molecular formula is C25H33N3O5. The van der Waals surface area contributed by atoms with Crippen LogP contribution in [0.3, 0.4) is 0 Å². The molecule has 1 amide bonds. The summed E-state index contributed by atoms with van der Waals surface area (Å²) in [4.78, 5) is 25.6. The molecule has 8 heteroatoms. The minimum atomic E-state index is -0.558. The standard InChI is InChI=1S/C25H33N3O5/c1-17-9-6-7-11-21(17)32-22-13-12-20(28(30)31)23(18(22)2)27-14-8-10-19(16-27)15-26-24(29)33-25(3,4)5/h6-7,9,11-13,19H,8,10,14-16H2,1-5H3,(H,26,29)/t19-/m0/s1. The maximum Gasteiger partial charge on any atom is 0.407 e. The van der Waals surface area contributed by atoms with Crippen molar-refractivity contribution in [2.24, 2.45) is 5.92 Å². The van der Waals surface area contributed by atoms with Crippen molar-refractivity contribution < 1.29 is 19.2 Å². The Morgan fingerprint density at radius 2 is 1.91 bits per heavy atom. The highest BCUT2D eigenvalue weighted by atomic mass is 16.6. The van der Waals surface area contributed by atoms with E-state index in [9.17, 15) is 14.9 Å². The summed E-state index contributed by atoms with van der Waals surface area (Å²) in [6, 6.07) is 10.9. The molecule has 0 aliphatic carbocycles. The molecular weight excluding hydrogens is 422 g/mol. The second kappa shape index (κ2) is 10.1. The van der Waals surface area contributed by atoms with Crippen molar-refractivity contribution in [3.63, 3.8) is 0 Å². The van der Waals surface area contributed by atoms with Gasteiger partial charge in [-0.2, -0.15) is 0 Å². The first-order valence-corrected chi connectivity index (χ1v) is 11.3. The van der Waals surface area contributed by atoms with Crippen LogP contribution in [0.25, 0.3) is 0 Å². The van der Waals surface area contributed by atoms with Gasteiger partial charge in [0.05, 0.1) is 4.92 Å². The second-order valence-electron chi connectivity index (χ2n) is 9.52. The number of carbonyl (C=O) groups excluding carboxylic acids is 1. The fourth-order valence-corrected chi connectivity index (χ4v) is 4.09. The number of benzene rings is 2. The normalized spacial score (nSPS) is 16.3. The monoisotopic (exact) mass is 455 g/mol. The molecule has 0 bridgehead atoms. The van der Waals surface area contributed by atoms with Crippen molar-refractivity contribution in [3.8, 4) is 11.5 Å². The minimum Gasteiger partial charge on any atom is -0.457 e. The third kappa shape index (κ3) is 6.37. The summed E-state index contributed by atoms with van der Waals surface area (Å²) >= 11 is 0. The molecule has 0 aromatic heterocycles. The van der Waals surface area contributed by atoms with Crippen LogP contribution in [-0.4, -0.2) is 36.3 Å². The Balaban J connectivity index is 1.80. The predicted molar refractivity (Wildman–Crippen MR) is 128 cm³/mol. The fourth-order valence-electron chi connectivity index (χ4n) is 4.09. The van der Waals surface area contributed by atoms with Crippen molar-refractivity contribution in [1.29, 1.82) is 0 Å². The van der Waals surface area contributed by atoms with Gasteiger partial charge < -0.3 is 19.7 Å². The van der Waals surface area contributed by atoms with E-state index < -0.39 is 11.7 Å². The number of anilines is 1. The first-order chi connectivity index (χ1) is 15.5. The molecule has 0 saturated carbocycles. The van der Waals surface area contributed by atoms with E-state index in [-0.39, 0.29) is 16.5 Å². The molecule has 1 aliphatic rings. The van der Waals surface area contributed by atoms with E-state index in [4.69, 9.17) is 9.47 Å². The molecule has 1 aliphatic heterocycles. The number of piperidine rings is 1. The molecule has 2 aromatic carbocycles. The van der Waals surface area contributed by atoms with Crippen LogP contribution in [0.1, 0.15) is 44.7 Å². The number of amides is 1.